The number of aliphatic hydroxyl groups excluding tert-OH is 1. The lowest BCUT2D eigenvalue weighted by Gasteiger charge is -2.37. The minimum Gasteiger partial charge on any atom is -0.392 e. The Morgan fingerprint density at radius 1 is 1.00 bits per heavy atom. The third-order valence-electron chi connectivity index (χ3n) is 3.43. The molecule has 1 heterocycles. The summed E-state index contributed by atoms with van der Waals surface area (Å²) in [7, 11) is 0. The van der Waals surface area contributed by atoms with Crippen LogP contribution in [0.2, 0.25) is 0 Å². The maximum Gasteiger partial charge on any atom is 0.0620 e. The summed E-state index contributed by atoms with van der Waals surface area (Å²) in [5.41, 5.74) is 0. The van der Waals surface area contributed by atoms with Gasteiger partial charge in [-0.3, -0.25) is 0 Å². The summed E-state index contributed by atoms with van der Waals surface area (Å²) in [6.45, 7) is 2.08. The molecule has 2 nitrogen and oxygen atoms in total. The molecule has 1 aliphatic heterocycles. The van der Waals surface area contributed by atoms with Crippen LogP contribution in [0.5, 0.6) is 0 Å². The summed E-state index contributed by atoms with van der Waals surface area (Å²) in [5.74, 6) is 1.18. The second kappa shape index (κ2) is 3.75. The molecule has 1 unspecified atom stereocenters. The lowest BCUT2D eigenvalue weighted by Crippen LogP contribution is -2.51. The summed E-state index contributed by atoms with van der Waals surface area (Å²) in [6, 6.07) is 0. The third kappa shape index (κ3) is 1.64. The highest BCUT2D eigenvalue weighted by atomic mass is 16.3. The highest BCUT2D eigenvalue weighted by Crippen LogP contribution is 2.30. The highest BCUT2D eigenvalue weighted by molar-refractivity contribution is 4.86. The standard InChI is InChI=1S/C10H19NO/c12-10(9-6-11-7-9)8-4-2-1-3-5-8/h8-12H,1-7H2. The molecule has 1 saturated heterocycles. The fraction of sp³-hybridized carbons (Fsp3) is 1.00. The Labute approximate surface area is 74.4 Å². The maximum atomic E-state index is 9.95. The minimum absolute atomic E-state index is 0.00782. The van der Waals surface area contributed by atoms with Crippen LogP contribution < -0.4 is 5.32 Å². The van der Waals surface area contributed by atoms with Gasteiger partial charge in [0, 0.05) is 19.0 Å². The van der Waals surface area contributed by atoms with E-state index in [-0.39, 0.29) is 6.10 Å². The number of hydrogen-bond acceptors (Lipinski definition) is 2. The van der Waals surface area contributed by atoms with Crippen molar-refractivity contribution in [3.63, 3.8) is 0 Å². The molecule has 70 valence electrons. The van der Waals surface area contributed by atoms with Crippen molar-refractivity contribution >= 4 is 0 Å². The second-order valence-electron chi connectivity index (χ2n) is 4.31. The van der Waals surface area contributed by atoms with Crippen LogP contribution >= 0.6 is 0 Å². The van der Waals surface area contributed by atoms with Gasteiger partial charge in [0.05, 0.1) is 6.10 Å². The summed E-state index contributed by atoms with van der Waals surface area (Å²) in [5, 5.41) is 13.2. The van der Waals surface area contributed by atoms with E-state index in [4.69, 9.17) is 0 Å². The van der Waals surface area contributed by atoms with Crippen LogP contribution in [0.3, 0.4) is 0 Å². The summed E-state index contributed by atoms with van der Waals surface area (Å²) in [6.07, 6.45) is 6.57. The summed E-state index contributed by atoms with van der Waals surface area (Å²) in [4.78, 5) is 0. The fourth-order valence-corrected chi connectivity index (χ4v) is 2.41. The van der Waals surface area contributed by atoms with Gasteiger partial charge in [-0.15, -0.1) is 0 Å². The Bertz CT molecular complexity index is 139. The number of rotatable bonds is 2. The summed E-state index contributed by atoms with van der Waals surface area (Å²) >= 11 is 0. The van der Waals surface area contributed by atoms with Gasteiger partial charge >= 0.3 is 0 Å². The van der Waals surface area contributed by atoms with Crippen LogP contribution in [0.4, 0.5) is 0 Å². The van der Waals surface area contributed by atoms with Gasteiger partial charge in [-0.2, -0.15) is 0 Å². The number of aliphatic hydroxyl groups is 1. The van der Waals surface area contributed by atoms with Crippen molar-refractivity contribution in [2.24, 2.45) is 11.8 Å². The number of nitrogens with one attached hydrogen (secondary N) is 1. The van der Waals surface area contributed by atoms with E-state index in [9.17, 15) is 5.11 Å². The Morgan fingerprint density at radius 2 is 1.67 bits per heavy atom. The molecule has 12 heavy (non-hydrogen) atoms. The SMILES string of the molecule is OC(C1CCCCC1)C1CNC1. The quantitative estimate of drug-likeness (QED) is 0.650. The van der Waals surface area contributed by atoms with Crippen LogP contribution in [0.15, 0.2) is 0 Å². The highest BCUT2D eigenvalue weighted by Gasteiger charge is 2.31. The molecule has 0 aromatic heterocycles. The molecule has 0 aromatic carbocycles. The Balaban J connectivity index is 1.80. The van der Waals surface area contributed by atoms with E-state index in [0.29, 0.717) is 11.8 Å². The molecule has 2 heteroatoms. The normalized spacial score (nSPS) is 29.8. The van der Waals surface area contributed by atoms with Gasteiger partial charge in [0.2, 0.25) is 0 Å². The van der Waals surface area contributed by atoms with Gasteiger partial charge in [-0.25, -0.2) is 0 Å². The van der Waals surface area contributed by atoms with Crippen LogP contribution in [0.25, 0.3) is 0 Å². The molecule has 0 aromatic rings. The first-order chi connectivity index (χ1) is 5.88. The van der Waals surface area contributed by atoms with Gasteiger partial charge < -0.3 is 10.4 Å². The van der Waals surface area contributed by atoms with E-state index in [1.165, 1.54) is 32.1 Å². The van der Waals surface area contributed by atoms with Crippen molar-refractivity contribution in [2.75, 3.05) is 13.1 Å². The molecular formula is C10H19NO. The van der Waals surface area contributed by atoms with Crippen LogP contribution in [0.1, 0.15) is 32.1 Å². The van der Waals surface area contributed by atoms with E-state index >= 15 is 0 Å². The Morgan fingerprint density at radius 3 is 2.17 bits per heavy atom. The smallest absolute Gasteiger partial charge is 0.0620 e. The molecule has 0 radical (unpaired) electrons. The van der Waals surface area contributed by atoms with Gasteiger partial charge in [0.1, 0.15) is 0 Å². The van der Waals surface area contributed by atoms with E-state index in [1.807, 2.05) is 0 Å². The zero-order valence-corrected chi connectivity index (χ0v) is 7.63. The molecule has 1 aliphatic carbocycles. The molecule has 2 aliphatic rings. The number of hydrogen-bond donors (Lipinski definition) is 2. The predicted octanol–water partition coefficient (Wildman–Crippen LogP) is 1.15. The van der Waals surface area contributed by atoms with Crippen LogP contribution in [-0.4, -0.2) is 24.3 Å². The minimum atomic E-state index is -0.00782. The molecule has 1 atom stereocenters. The molecular weight excluding hydrogens is 150 g/mol. The maximum absolute atomic E-state index is 9.95. The Kier molecular flexibility index (Phi) is 2.66. The zero-order chi connectivity index (χ0) is 8.39. The summed E-state index contributed by atoms with van der Waals surface area (Å²) < 4.78 is 0. The van der Waals surface area contributed by atoms with Crippen LogP contribution in [-0.2, 0) is 0 Å². The molecule has 0 spiro atoms. The van der Waals surface area contributed by atoms with Gasteiger partial charge in [-0.1, -0.05) is 19.3 Å². The van der Waals surface area contributed by atoms with Gasteiger partial charge in [-0.05, 0) is 18.8 Å². The molecule has 2 rings (SSSR count). The molecule has 2 N–H and O–H groups in total. The first-order valence-corrected chi connectivity index (χ1v) is 5.26. The second-order valence-corrected chi connectivity index (χ2v) is 4.31. The van der Waals surface area contributed by atoms with Crippen molar-refractivity contribution in [3.8, 4) is 0 Å². The van der Waals surface area contributed by atoms with E-state index in [2.05, 4.69) is 5.32 Å². The Hall–Kier alpha value is -0.0800. The van der Waals surface area contributed by atoms with Crippen LogP contribution in [0, 0.1) is 11.8 Å². The van der Waals surface area contributed by atoms with Gasteiger partial charge in [0.15, 0.2) is 0 Å². The zero-order valence-electron chi connectivity index (χ0n) is 7.63. The van der Waals surface area contributed by atoms with E-state index in [1.54, 1.807) is 0 Å². The monoisotopic (exact) mass is 169 g/mol. The first kappa shape index (κ1) is 8.52. The van der Waals surface area contributed by atoms with Crippen molar-refractivity contribution < 1.29 is 5.11 Å². The first-order valence-electron chi connectivity index (χ1n) is 5.26. The molecule has 0 amide bonds. The topological polar surface area (TPSA) is 32.3 Å². The van der Waals surface area contributed by atoms with Crippen molar-refractivity contribution in [1.29, 1.82) is 0 Å². The lowest BCUT2D eigenvalue weighted by atomic mass is 9.78. The van der Waals surface area contributed by atoms with Gasteiger partial charge in [0.25, 0.3) is 0 Å². The largest absolute Gasteiger partial charge is 0.392 e. The molecule has 1 saturated carbocycles. The predicted molar refractivity (Wildman–Crippen MR) is 48.9 cm³/mol. The van der Waals surface area contributed by atoms with E-state index in [0.717, 1.165) is 13.1 Å². The van der Waals surface area contributed by atoms with Crippen molar-refractivity contribution in [2.45, 2.75) is 38.2 Å². The molecule has 2 fully saturated rings. The van der Waals surface area contributed by atoms with E-state index < -0.39 is 0 Å². The average molecular weight is 169 g/mol. The lowest BCUT2D eigenvalue weighted by molar-refractivity contribution is 0.0127. The average Bonchev–Trinajstić information content (AvgIpc) is 2.03. The molecule has 0 bridgehead atoms. The van der Waals surface area contributed by atoms with Crippen molar-refractivity contribution in [1.82, 2.24) is 5.32 Å². The van der Waals surface area contributed by atoms with Crippen molar-refractivity contribution in [3.05, 3.63) is 0 Å². The fourth-order valence-electron chi connectivity index (χ4n) is 2.41. The third-order valence-corrected chi connectivity index (χ3v) is 3.43.